The van der Waals surface area contributed by atoms with E-state index >= 15 is 0 Å². The Morgan fingerprint density at radius 3 is 2.84 bits per heavy atom. The monoisotopic (exact) mass is 341 g/mol. The van der Waals surface area contributed by atoms with E-state index in [4.69, 9.17) is 0 Å². The van der Waals surface area contributed by atoms with Crippen molar-refractivity contribution in [3.05, 3.63) is 58.0 Å². The molecule has 1 atom stereocenters. The lowest BCUT2D eigenvalue weighted by atomic mass is 10.2. The number of aromatic amines is 1. The zero-order valence-electron chi connectivity index (χ0n) is 13.5. The fraction of sp³-hybridized carbons (Fsp3) is 0.188. The van der Waals surface area contributed by atoms with Gasteiger partial charge in [-0.15, -0.1) is 0 Å². The molecule has 25 heavy (non-hydrogen) atoms. The summed E-state index contributed by atoms with van der Waals surface area (Å²) in [6.07, 6.45) is 1.23. The minimum atomic E-state index is -0.688. The second-order valence-electron chi connectivity index (χ2n) is 5.35. The van der Waals surface area contributed by atoms with Crippen LogP contribution in [0.15, 0.2) is 36.5 Å². The average molecular weight is 341 g/mol. The van der Waals surface area contributed by atoms with Gasteiger partial charge in [-0.05, 0) is 19.1 Å². The Morgan fingerprint density at radius 2 is 2.16 bits per heavy atom. The predicted octanol–water partition coefficient (Wildman–Crippen LogP) is 2.83. The first-order chi connectivity index (χ1) is 12.0. The number of benzene rings is 1. The van der Waals surface area contributed by atoms with Gasteiger partial charge < -0.3 is 15.0 Å². The van der Waals surface area contributed by atoms with Gasteiger partial charge in [-0.2, -0.15) is 0 Å². The first-order valence-corrected chi connectivity index (χ1v) is 7.43. The van der Waals surface area contributed by atoms with Gasteiger partial charge in [0.15, 0.2) is 0 Å². The van der Waals surface area contributed by atoms with Crippen LogP contribution in [-0.4, -0.2) is 33.0 Å². The van der Waals surface area contributed by atoms with E-state index in [-0.39, 0.29) is 23.1 Å². The highest BCUT2D eigenvalue weighted by molar-refractivity contribution is 5.90. The zero-order valence-corrected chi connectivity index (χ0v) is 13.5. The molecule has 3 aromatic rings. The van der Waals surface area contributed by atoms with Crippen LogP contribution in [0.3, 0.4) is 0 Å². The highest BCUT2D eigenvalue weighted by Crippen LogP contribution is 2.27. The Kier molecular flexibility index (Phi) is 4.29. The first-order valence-electron chi connectivity index (χ1n) is 7.43. The zero-order chi connectivity index (χ0) is 18.0. The fourth-order valence-electron chi connectivity index (χ4n) is 2.38. The summed E-state index contributed by atoms with van der Waals surface area (Å²) in [5.41, 5.74) is 1.37. The summed E-state index contributed by atoms with van der Waals surface area (Å²) in [5, 5.41) is 14.2. The Bertz CT molecular complexity index is 920. The molecule has 0 radical (unpaired) electrons. The molecule has 0 aliphatic carbocycles. The number of esters is 1. The number of ether oxygens (including phenoxy) is 1. The lowest BCUT2D eigenvalue weighted by Crippen LogP contribution is -2.12. The topological polar surface area (TPSA) is 123 Å². The highest BCUT2D eigenvalue weighted by Gasteiger charge is 2.22. The maximum Gasteiger partial charge on any atom is 0.339 e. The van der Waals surface area contributed by atoms with Crippen molar-refractivity contribution in [1.82, 2.24) is 15.0 Å². The average Bonchev–Trinajstić information content (AvgIpc) is 3.05. The molecule has 1 aromatic carbocycles. The number of nitrogens with one attached hydrogen (secondary N) is 2. The number of nitrogens with zero attached hydrogens (tertiary/aromatic N) is 3. The van der Waals surface area contributed by atoms with Crippen LogP contribution in [0.25, 0.3) is 11.0 Å². The number of carbonyl (C=O) groups excluding carboxylic acids is 1. The van der Waals surface area contributed by atoms with Crippen molar-refractivity contribution in [2.45, 2.75) is 13.0 Å². The molecule has 0 bridgehead atoms. The molecule has 3 rings (SSSR count). The van der Waals surface area contributed by atoms with Crippen LogP contribution in [0.4, 0.5) is 11.5 Å². The fourth-order valence-corrected chi connectivity index (χ4v) is 2.38. The third kappa shape index (κ3) is 3.25. The van der Waals surface area contributed by atoms with Gasteiger partial charge >= 0.3 is 11.7 Å². The highest BCUT2D eigenvalue weighted by atomic mass is 16.6. The Morgan fingerprint density at radius 1 is 1.40 bits per heavy atom. The van der Waals surface area contributed by atoms with Crippen LogP contribution in [0.2, 0.25) is 0 Å². The molecular weight excluding hydrogens is 326 g/mol. The van der Waals surface area contributed by atoms with E-state index in [2.05, 4.69) is 25.0 Å². The Balaban J connectivity index is 1.90. The summed E-state index contributed by atoms with van der Waals surface area (Å²) in [6.45, 7) is 1.80. The second-order valence-corrected chi connectivity index (χ2v) is 5.35. The van der Waals surface area contributed by atoms with Gasteiger partial charge in [-0.25, -0.2) is 14.8 Å². The molecule has 0 aliphatic rings. The van der Waals surface area contributed by atoms with E-state index in [1.54, 1.807) is 6.92 Å². The number of para-hydroxylation sites is 2. The molecule has 2 heterocycles. The van der Waals surface area contributed by atoms with E-state index in [0.29, 0.717) is 5.82 Å². The van der Waals surface area contributed by atoms with E-state index in [1.807, 2.05) is 24.3 Å². The SMILES string of the molecule is COC(=O)c1cnc(NC(C)c2nc3ccccc3[nH]2)c([N+](=O)[O-])c1. The predicted molar refractivity (Wildman–Crippen MR) is 90.4 cm³/mol. The molecule has 0 amide bonds. The molecule has 2 aromatic heterocycles. The number of carbonyl (C=O) groups is 1. The number of methoxy groups -OCH3 is 1. The molecule has 0 saturated carbocycles. The van der Waals surface area contributed by atoms with E-state index in [0.717, 1.165) is 17.1 Å². The second kappa shape index (κ2) is 6.56. The smallest absolute Gasteiger partial charge is 0.339 e. The normalized spacial score (nSPS) is 11.9. The van der Waals surface area contributed by atoms with Crippen LogP contribution >= 0.6 is 0 Å². The van der Waals surface area contributed by atoms with Crippen molar-refractivity contribution < 1.29 is 14.5 Å². The first kappa shape index (κ1) is 16.4. The quantitative estimate of drug-likeness (QED) is 0.415. The lowest BCUT2D eigenvalue weighted by Gasteiger charge is -2.12. The van der Waals surface area contributed by atoms with E-state index < -0.39 is 10.9 Å². The molecule has 1 unspecified atom stereocenters. The van der Waals surface area contributed by atoms with Crippen LogP contribution in [0, 0.1) is 10.1 Å². The summed E-state index contributed by atoms with van der Waals surface area (Å²) >= 11 is 0. The number of nitro groups is 1. The third-order valence-corrected chi connectivity index (χ3v) is 3.66. The third-order valence-electron chi connectivity index (χ3n) is 3.66. The number of aromatic nitrogens is 3. The molecule has 9 nitrogen and oxygen atoms in total. The summed E-state index contributed by atoms with van der Waals surface area (Å²) in [6, 6.07) is 8.30. The van der Waals surface area contributed by atoms with E-state index in [9.17, 15) is 14.9 Å². The summed E-state index contributed by atoms with van der Waals surface area (Å²) in [4.78, 5) is 33.8. The molecule has 0 saturated heterocycles. The summed E-state index contributed by atoms with van der Waals surface area (Å²) in [5.74, 6) is -0.0209. The number of rotatable bonds is 5. The molecule has 0 aliphatic heterocycles. The van der Waals surface area contributed by atoms with Gasteiger partial charge in [-0.1, -0.05) is 12.1 Å². The summed E-state index contributed by atoms with van der Waals surface area (Å²) in [7, 11) is 1.20. The van der Waals surface area contributed by atoms with Gasteiger partial charge in [0.2, 0.25) is 5.82 Å². The van der Waals surface area contributed by atoms with Gasteiger partial charge in [-0.3, -0.25) is 10.1 Å². The molecule has 9 heteroatoms. The van der Waals surface area contributed by atoms with Crippen LogP contribution in [0.1, 0.15) is 29.1 Å². The number of anilines is 1. The molecule has 2 N–H and O–H groups in total. The molecule has 0 spiro atoms. The van der Waals surface area contributed by atoms with Crippen molar-refractivity contribution in [3.8, 4) is 0 Å². The number of hydrogen-bond acceptors (Lipinski definition) is 7. The lowest BCUT2D eigenvalue weighted by molar-refractivity contribution is -0.384. The maximum atomic E-state index is 11.5. The number of imidazole rings is 1. The van der Waals surface area contributed by atoms with Gasteiger partial charge in [0.1, 0.15) is 5.82 Å². The van der Waals surface area contributed by atoms with Crippen LogP contribution < -0.4 is 5.32 Å². The number of H-pyrrole nitrogens is 1. The minimum absolute atomic E-state index is 0.0103. The van der Waals surface area contributed by atoms with Gasteiger partial charge in [0, 0.05) is 12.3 Å². The van der Waals surface area contributed by atoms with Crippen molar-refractivity contribution in [1.29, 1.82) is 0 Å². The Labute approximate surface area is 142 Å². The Hall–Kier alpha value is -3.49. The van der Waals surface area contributed by atoms with Crippen molar-refractivity contribution in [2.75, 3.05) is 12.4 Å². The minimum Gasteiger partial charge on any atom is -0.465 e. The maximum absolute atomic E-state index is 11.5. The van der Waals surface area contributed by atoms with Gasteiger partial charge in [0.05, 0.1) is 34.7 Å². The largest absolute Gasteiger partial charge is 0.465 e. The molecule has 0 fully saturated rings. The van der Waals surface area contributed by atoms with Crippen molar-refractivity contribution in [3.63, 3.8) is 0 Å². The van der Waals surface area contributed by atoms with Gasteiger partial charge in [0.25, 0.3) is 0 Å². The van der Waals surface area contributed by atoms with Crippen molar-refractivity contribution in [2.24, 2.45) is 0 Å². The summed E-state index contributed by atoms with van der Waals surface area (Å²) < 4.78 is 4.56. The van der Waals surface area contributed by atoms with Crippen LogP contribution in [0.5, 0.6) is 0 Å². The van der Waals surface area contributed by atoms with Crippen molar-refractivity contribution >= 4 is 28.5 Å². The standard InChI is InChI=1S/C16H15N5O4/c1-9(14-19-11-5-3-4-6-12(11)20-14)18-15-13(21(23)24)7-10(8-17-15)16(22)25-2/h3-9H,1-2H3,(H,17,18)(H,19,20). The number of fused-ring (bicyclic) bond motifs is 1. The van der Waals surface area contributed by atoms with Crippen LogP contribution in [-0.2, 0) is 4.74 Å². The molecular formula is C16H15N5O4. The van der Waals surface area contributed by atoms with E-state index in [1.165, 1.54) is 13.3 Å². The number of pyridine rings is 1. The number of hydrogen-bond donors (Lipinski definition) is 2. The molecule has 128 valence electrons.